The summed E-state index contributed by atoms with van der Waals surface area (Å²) in [4.78, 5) is 0. The predicted molar refractivity (Wildman–Crippen MR) is 117 cm³/mol. The van der Waals surface area contributed by atoms with Gasteiger partial charge in [-0.3, -0.25) is 0 Å². The molecule has 1 heterocycles. The van der Waals surface area contributed by atoms with Crippen LogP contribution in [-0.2, 0) is 12.8 Å². The first kappa shape index (κ1) is 22.7. The molecule has 0 saturated carbocycles. The monoisotopic (exact) mass is 364 g/mol. The summed E-state index contributed by atoms with van der Waals surface area (Å²) < 4.78 is 0. The van der Waals surface area contributed by atoms with Crippen LogP contribution in [0.15, 0.2) is 10.8 Å². The van der Waals surface area contributed by atoms with Crippen molar-refractivity contribution in [3.05, 3.63) is 21.9 Å². The van der Waals surface area contributed by atoms with E-state index in [1.54, 1.807) is 11.1 Å². The van der Waals surface area contributed by atoms with Crippen LogP contribution in [0.25, 0.3) is 0 Å². The molecule has 1 aromatic heterocycles. The van der Waals surface area contributed by atoms with Crippen LogP contribution in [0, 0.1) is 5.92 Å². The highest BCUT2D eigenvalue weighted by molar-refractivity contribution is 7.08. The first-order valence-corrected chi connectivity index (χ1v) is 12.2. The number of hydrogen-bond donors (Lipinski definition) is 0. The lowest BCUT2D eigenvalue weighted by Gasteiger charge is -2.07. The van der Waals surface area contributed by atoms with Crippen molar-refractivity contribution in [2.75, 3.05) is 0 Å². The Labute approximate surface area is 162 Å². The number of aryl methyl sites for hydroxylation is 1. The van der Waals surface area contributed by atoms with E-state index in [1.165, 1.54) is 103 Å². The Kier molecular flexibility index (Phi) is 14.5. The van der Waals surface area contributed by atoms with Crippen molar-refractivity contribution in [2.45, 2.75) is 124 Å². The molecule has 0 aliphatic rings. The first-order chi connectivity index (χ1) is 12.2. The highest BCUT2D eigenvalue weighted by atomic mass is 32.1. The summed E-state index contributed by atoms with van der Waals surface area (Å²) >= 11 is 1.89. The van der Waals surface area contributed by atoms with Crippen molar-refractivity contribution < 1.29 is 0 Å². The molecule has 146 valence electrons. The Morgan fingerprint density at radius 2 is 1.08 bits per heavy atom. The lowest BCUT2D eigenvalue weighted by Crippen LogP contribution is -1.96. The van der Waals surface area contributed by atoms with E-state index < -0.39 is 0 Å². The largest absolute Gasteiger partial charge is 0.152 e. The average molecular weight is 365 g/mol. The summed E-state index contributed by atoms with van der Waals surface area (Å²) in [6.07, 6.45) is 22.9. The fraction of sp³-hybridized carbons (Fsp3) is 0.833. The van der Waals surface area contributed by atoms with Gasteiger partial charge in [-0.15, -0.1) is 0 Å². The molecule has 1 heteroatoms. The van der Waals surface area contributed by atoms with Crippen LogP contribution in [0.3, 0.4) is 0 Å². The van der Waals surface area contributed by atoms with E-state index in [2.05, 4.69) is 31.5 Å². The molecular weight excluding hydrogens is 320 g/mol. The minimum Gasteiger partial charge on any atom is -0.152 e. The topological polar surface area (TPSA) is 0 Å². The van der Waals surface area contributed by atoms with E-state index in [-0.39, 0.29) is 0 Å². The summed E-state index contributed by atoms with van der Waals surface area (Å²) in [7, 11) is 0. The standard InChI is InChI=1S/C24H44S/c1-4-5-6-7-8-9-10-11-12-13-14-15-16-17-18-23-20-25-21-24(23)19-22(2)3/h20-22H,4-19H2,1-3H3. The van der Waals surface area contributed by atoms with E-state index in [0.29, 0.717) is 0 Å². The molecule has 25 heavy (non-hydrogen) atoms. The van der Waals surface area contributed by atoms with Gasteiger partial charge < -0.3 is 0 Å². The zero-order chi connectivity index (χ0) is 18.2. The fourth-order valence-electron chi connectivity index (χ4n) is 3.70. The molecule has 1 aromatic rings. The second-order valence-electron chi connectivity index (χ2n) is 8.37. The SMILES string of the molecule is CCCCCCCCCCCCCCCCc1cscc1CC(C)C. The molecule has 0 aromatic carbocycles. The van der Waals surface area contributed by atoms with E-state index >= 15 is 0 Å². The molecule has 0 aliphatic heterocycles. The zero-order valence-electron chi connectivity index (χ0n) is 17.5. The van der Waals surface area contributed by atoms with Crippen LogP contribution in [0.1, 0.15) is 122 Å². The van der Waals surface area contributed by atoms with Crippen molar-refractivity contribution in [1.82, 2.24) is 0 Å². The lowest BCUT2D eigenvalue weighted by molar-refractivity contribution is 0.535. The van der Waals surface area contributed by atoms with Crippen LogP contribution in [0.5, 0.6) is 0 Å². The van der Waals surface area contributed by atoms with Gasteiger partial charge >= 0.3 is 0 Å². The second-order valence-corrected chi connectivity index (χ2v) is 9.11. The highest BCUT2D eigenvalue weighted by Crippen LogP contribution is 2.21. The van der Waals surface area contributed by atoms with Gasteiger partial charge in [-0.1, -0.05) is 104 Å². The summed E-state index contributed by atoms with van der Waals surface area (Å²) in [6, 6.07) is 0. The van der Waals surface area contributed by atoms with Gasteiger partial charge in [0, 0.05) is 0 Å². The zero-order valence-corrected chi connectivity index (χ0v) is 18.3. The van der Waals surface area contributed by atoms with Crippen molar-refractivity contribution >= 4 is 11.3 Å². The Balaban J connectivity index is 1.85. The van der Waals surface area contributed by atoms with Crippen molar-refractivity contribution in [1.29, 1.82) is 0 Å². The molecule has 0 atom stereocenters. The van der Waals surface area contributed by atoms with Crippen LogP contribution in [-0.4, -0.2) is 0 Å². The minimum absolute atomic E-state index is 0.782. The summed E-state index contributed by atoms with van der Waals surface area (Å²) in [5.41, 5.74) is 3.26. The normalized spacial score (nSPS) is 11.5. The molecule has 0 nitrogen and oxygen atoms in total. The van der Waals surface area contributed by atoms with Crippen LogP contribution < -0.4 is 0 Å². The molecular formula is C24H44S. The molecule has 0 bridgehead atoms. The summed E-state index contributed by atoms with van der Waals surface area (Å²) in [5.74, 6) is 0.782. The van der Waals surface area contributed by atoms with Gasteiger partial charge in [0.2, 0.25) is 0 Å². The maximum absolute atomic E-state index is 2.39. The molecule has 0 aliphatic carbocycles. The molecule has 0 N–H and O–H groups in total. The fourth-order valence-corrected chi connectivity index (χ4v) is 4.61. The minimum atomic E-state index is 0.782. The summed E-state index contributed by atoms with van der Waals surface area (Å²) in [6.45, 7) is 6.95. The van der Waals surface area contributed by atoms with Gasteiger partial charge in [-0.05, 0) is 47.1 Å². The molecule has 0 saturated heterocycles. The maximum Gasteiger partial charge on any atom is -0.00583 e. The van der Waals surface area contributed by atoms with Crippen molar-refractivity contribution in [2.24, 2.45) is 5.92 Å². The van der Waals surface area contributed by atoms with Gasteiger partial charge in [0.05, 0.1) is 0 Å². The van der Waals surface area contributed by atoms with Crippen molar-refractivity contribution in [3.63, 3.8) is 0 Å². The van der Waals surface area contributed by atoms with Gasteiger partial charge in [-0.2, -0.15) is 11.3 Å². The van der Waals surface area contributed by atoms with E-state index in [1.807, 2.05) is 11.3 Å². The predicted octanol–water partition coefficient (Wildman–Crippen LogP) is 8.97. The average Bonchev–Trinajstić information content (AvgIpc) is 3.01. The third kappa shape index (κ3) is 12.7. The number of rotatable bonds is 17. The van der Waals surface area contributed by atoms with E-state index in [9.17, 15) is 0 Å². The molecule has 0 amide bonds. The third-order valence-electron chi connectivity index (χ3n) is 5.26. The molecule has 0 fully saturated rings. The Hall–Kier alpha value is -0.300. The third-order valence-corrected chi connectivity index (χ3v) is 6.10. The summed E-state index contributed by atoms with van der Waals surface area (Å²) in [5, 5.41) is 4.76. The first-order valence-electron chi connectivity index (χ1n) is 11.3. The smallest absolute Gasteiger partial charge is 0.00583 e. The van der Waals surface area contributed by atoms with Gasteiger partial charge in [0.1, 0.15) is 0 Å². The van der Waals surface area contributed by atoms with Gasteiger partial charge in [-0.25, -0.2) is 0 Å². The van der Waals surface area contributed by atoms with Crippen LogP contribution >= 0.6 is 11.3 Å². The lowest BCUT2D eigenvalue weighted by atomic mass is 9.98. The van der Waals surface area contributed by atoms with Gasteiger partial charge in [0.15, 0.2) is 0 Å². The Bertz CT molecular complexity index is 391. The van der Waals surface area contributed by atoms with Crippen LogP contribution in [0.2, 0.25) is 0 Å². The molecule has 1 rings (SSSR count). The van der Waals surface area contributed by atoms with Crippen LogP contribution in [0.4, 0.5) is 0 Å². The highest BCUT2D eigenvalue weighted by Gasteiger charge is 2.05. The molecule has 0 radical (unpaired) electrons. The van der Waals surface area contributed by atoms with E-state index in [0.717, 1.165) is 5.92 Å². The Morgan fingerprint density at radius 3 is 1.56 bits per heavy atom. The number of hydrogen-bond acceptors (Lipinski definition) is 1. The van der Waals surface area contributed by atoms with Gasteiger partial charge in [0.25, 0.3) is 0 Å². The number of unbranched alkanes of at least 4 members (excludes halogenated alkanes) is 13. The Morgan fingerprint density at radius 1 is 0.640 bits per heavy atom. The van der Waals surface area contributed by atoms with Crippen molar-refractivity contribution in [3.8, 4) is 0 Å². The maximum atomic E-state index is 2.39. The van der Waals surface area contributed by atoms with E-state index in [4.69, 9.17) is 0 Å². The number of thiophene rings is 1. The molecule has 0 spiro atoms. The molecule has 0 unspecified atom stereocenters. The second kappa shape index (κ2) is 15.9. The quantitative estimate of drug-likeness (QED) is 0.242.